The molecule has 0 heterocycles. The third kappa shape index (κ3) is 6.90. The Labute approximate surface area is 234 Å². The fraction of sp³-hybridized carbons (Fsp3) is 0.167. The van der Waals surface area contributed by atoms with E-state index < -0.39 is 10.0 Å². The first-order chi connectivity index (χ1) is 18.8. The second-order valence-corrected chi connectivity index (χ2v) is 11.0. The van der Waals surface area contributed by atoms with Gasteiger partial charge in [-0.25, -0.2) is 8.42 Å². The number of ether oxygens (including phenoxy) is 2. The number of nitrogens with one attached hydrogen (secondary N) is 1. The maximum Gasteiger partial charge on any atom is 0.264 e. The van der Waals surface area contributed by atoms with Gasteiger partial charge in [0.05, 0.1) is 30.8 Å². The van der Waals surface area contributed by atoms with E-state index in [1.54, 1.807) is 92.0 Å². The van der Waals surface area contributed by atoms with Crippen LogP contribution in [0.15, 0.2) is 102 Å². The number of rotatable bonds is 11. The molecule has 4 aromatic rings. The van der Waals surface area contributed by atoms with Crippen molar-refractivity contribution in [2.45, 2.75) is 18.4 Å². The standard InChI is InChI=1S/C30H29ClN2O5S/c1-22-12-17-25(31)20-27(22)33(39(35,36)26-8-4-3-5-9-26)21-23-13-15-24(16-14-23)30(34)32-18-19-38-29-11-7-6-10-28(29)37-2/h3-17,20H,18-19,21H2,1-2H3,(H,32,34). The molecule has 0 aliphatic rings. The number of carbonyl (C=O) groups excluding carboxylic acids is 1. The zero-order chi connectivity index (χ0) is 27.8. The summed E-state index contributed by atoms with van der Waals surface area (Å²) >= 11 is 6.24. The Kier molecular flexibility index (Phi) is 9.11. The lowest BCUT2D eigenvalue weighted by atomic mass is 10.1. The zero-order valence-corrected chi connectivity index (χ0v) is 23.2. The molecule has 4 rings (SSSR count). The molecule has 0 atom stereocenters. The van der Waals surface area contributed by atoms with Crippen molar-refractivity contribution in [1.29, 1.82) is 0 Å². The van der Waals surface area contributed by atoms with Gasteiger partial charge in [-0.05, 0) is 66.6 Å². The maximum absolute atomic E-state index is 13.7. The molecule has 0 aliphatic heterocycles. The molecule has 0 spiro atoms. The van der Waals surface area contributed by atoms with E-state index in [0.29, 0.717) is 39.9 Å². The van der Waals surface area contributed by atoms with E-state index in [2.05, 4.69) is 5.32 Å². The normalized spacial score (nSPS) is 11.1. The van der Waals surface area contributed by atoms with E-state index >= 15 is 0 Å². The Balaban J connectivity index is 1.46. The molecule has 9 heteroatoms. The van der Waals surface area contributed by atoms with Crippen molar-refractivity contribution in [1.82, 2.24) is 5.32 Å². The molecule has 0 saturated carbocycles. The summed E-state index contributed by atoms with van der Waals surface area (Å²) in [6.07, 6.45) is 0. The molecule has 0 aliphatic carbocycles. The van der Waals surface area contributed by atoms with Gasteiger partial charge in [-0.1, -0.05) is 60.1 Å². The number of aryl methyl sites for hydroxylation is 1. The monoisotopic (exact) mass is 564 g/mol. The highest BCUT2D eigenvalue weighted by Gasteiger charge is 2.26. The first-order valence-corrected chi connectivity index (χ1v) is 14.1. The van der Waals surface area contributed by atoms with E-state index in [1.165, 1.54) is 4.31 Å². The number of amides is 1. The summed E-state index contributed by atoms with van der Waals surface area (Å²) in [5.74, 6) is 0.962. The summed E-state index contributed by atoms with van der Waals surface area (Å²) in [4.78, 5) is 12.8. The number of para-hydroxylation sites is 2. The topological polar surface area (TPSA) is 84.9 Å². The highest BCUT2D eigenvalue weighted by atomic mass is 35.5. The summed E-state index contributed by atoms with van der Waals surface area (Å²) in [5.41, 5.74) is 2.42. The number of hydrogen-bond donors (Lipinski definition) is 1. The van der Waals surface area contributed by atoms with Crippen molar-refractivity contribution in [3.63, 3.8) is 0 Å². The maximum atomic E-state index is 13.7. The predicted octanol–water partition coefficient (Wildman–Crippen LogP) is 5.86. The van der Waals surface area contributed by atoms with Crippen molar-refractivity contribution >= 4 is 33.2 Å². The lowest BCUT2D eigenvalue weighted by molar-refractivity contribution is 0.0947. The number of carbonyl (C=O) groups is 1. The van der Waals surface area contributed by atoms with Crippen molar-refractivity contribution in [2.75, 3.05) is 24.6 Å². The summed E-state index contributed by atoms with van der Waals surface area (Å²) in [6, 6.07) is 27.5. The lowest BCUT2D eigenvalue weighted by Gasteiger charge is -2.26. The number of nitrogens with zero attached hydrogens (tertiary/aromatic N) is 1. The second kappa shape index (κ2) is 12.7. The molecule has 0 saturated heterocycles. The average molecular weight is 565 g/mol. The highest BCUT2D eigenvalue weighted by Crippen LogP contribution is 2.31. The van der Waals surface area contributed by atoms with Crippen LogP contribution >= 0.6 is 11.6 Å². The predicted molar refractivity (Wildman–Crippen MR) is 153 cm³/mol. The van der Waals surface area contributed by atoms with Crippen molar-refractivity contribution in [3.8, 4) is 11.5 Å². The largest absolute Gasteiger partial charge is 0.493 e. The first kappa shape index (κ1) is 28.0. The number of benzene rings is 4. The minimum Gasteiger partial charge on any atom is -0.493 e. The zero-order valence-electron chi connectivity index (χ0n) is 21.6. The third-order valence-electron chi connectivity index (χ3n) is 6.03. The van der Waals surface area contributed by atoms with Crippen molar-refractivity contribution < 1.29 is 22.7 Å². The number of sulfonamides is 1. The fourth-order valence-electron chi connectivity index (χ4n) is 3.96. The SMILES string of the molecule is COc1ccccc1OCCNC(=O)c1ccc(CN(c2cc(Cl)ccc2C)S(=O)(=O)c2ccccc2)cc1. The van der Waals surface area contributed by atoms with E-state index in [-0.39, 0.29) is 24.0 Å². The number of hydrogen-bond acceptors (Lipinski definition) is 5. The van der Waals surface area contributed by atoms with Gasteiger partial charge in [0.25, 0.3) is 15.9 Å². The summed E-state index contributed by atoms with van der Waals surface area (Å²) in [7, 11) is -2.32. The Bertz CT molecular complexity index is 1530. The summed E-state index contributed by atoms with van der Waals surface area (Å²) in [5, 5.41) is 3.26. The summed E-state index contributed by atoms with van der Waals surface area (Å²) < 4.78 is 39.6. The van der Waals surface area contributed by atoms with Crippen LogP contribution in [0.2, 0.25) is 5.02 Å². The Morgan fingerprint density at radius 1 is 0.897 bits per heavy atom. The molecule has 39 heavy (non-hydrogen) atoms. The molecule has 202 valence electrons. The number of anilines is 1. The van der Waals surface area contributed by atoms with E-state index in [1.807, 2.05) is 19.1 Å². The van der Waals surface area contributed by atoms with Crippen LogP contribution in [0.25, 0.3) is 0 Å². The van der Waals surface area contributed by atoms with Gasteiger partial charge in [0.2, 0.25) is 0 Å². The van der Waals surface area contributed by atoms with Crippen LogP contribution in [-0.2, 0) is 16.6 Å². The van der Waals surface area contributed by atoms with Crippen molar-refractivity contribution in [3.05, 3.63) is 119 Å². The molecule has 7 nitrogen and oxygen atoms in total. The van der Waals surface area contributed by atoms with E-state index in [0.717, 1.165) is 5.56 Å². The van der Waals surface area contributed by atoms with Gasteiger partial charge < -0.3 is 14.8 Å². The highest BCUT2D eigenvalue weighted by molar-refractivity contribution is 7.92. The Morgan fingerprint density at radius 2 is 1.56 bits per heavy atom. The molecule has 0 aromatic heterocycles. The average Bonchev–Trinajstić information content (AvgIpc) is 2.96. The number of halogens is 1. The van der Waals surface area contributed by atoms with Gasteiger partial charge in [-0.15, -0.1) is 0 Å². The quantitative estimate of drug-likeness (QED) is 0.231. The molecule has 1 amide bonds. The Morgan fingerprint density at radius 3 is 2.26 bits per heavy atom. The first-order valence-electron chi connectivity index (χ1n) is 12.3. The van der Waals surface area contributed by atoms with Gasteiger partial charge in [0.1, 0.15) is 6.61 Å². The van der Waals surface area contributed by atoms with Crippen LogP contribution in [0, 0.1) is 6.92 Å². The molecule has 1 N–H and O–H groups in total. The molecule has 4 aromatic carbocycles. The van der Waals surface area contributed by atoms with Crippen molar-refractivity contribution in [2.24, 2.45) is 0 Å². The minimum absolute atomic E-state index is 0.0626. The van der Waals surface area contributed by atoms with E-state index in [4.69, 9.17) is 21.1 Å². The molecule has 0 bridgehead atoms. The fourth-order valence-corrected chi connectivity index (χ4v) is 5.66. The van der Waals surface area contributed by atoms with Crippen LogP contribution < -0.4 is 19.1 Å². The van der Waals surface area contributed by atoms with Gasteiger partial charge in [-0.3, -0.25) is 9.10 Å². The number of methoxy groups -OCH3 is 1. The van der Waals surface area contributed by atoms with Crippen LogP contribution in [0.4, 0.5) is 5.69 Å². The van der Waals surface area contributed by atoms with Gasteiger partial charge in [-0.2, -0.15) is 0 Å². The Hall–Kier alpha value is -4.01. The smallest absolute Gasteiger partial charge is 0.264 e. The second-order valence-electron chi connectivity index (χ2n) is 8.71. The lowest BCUT2D eigenvalue weighted by Crippen LogP contribution is -2.31. The van der Waals surface area contributed by atoms with Crippen LogP contribution in [0.1, 0.15) is 21.5 Å². The van der Waals surface area contributed by atoms with E-state index in [9.17, 15) is 13.2 Å². The van der Waals surface area contributed by atoms with Crippen LogP contribution in [0.3, 0.4) is 0 Å². The molecular formula is C30H29ClN2O5S. The molecular weight excluding hydrogens is 536 g/mol. The van der Waals surface area contributed by atoms with Gasteiger partial charge in [0.15, 0.2) is 11.5 Å². The van der Waals surface area contributed by atoms with Crippen LogP contribution in [0.5, 0.6) is 11.5 Å². The minimum atomic E-state index is -3.89. The molecule has 0 unspecified atom stereocenters. The summed E-state index contributed by atoms with van der Waals surface area (Å²) in [6.45, 7) is 2.47. The van der Waals surface area contributed by atoms with Crippen LogP contribution in [-0.4, -0.2) is 34.6 Å². The third-order valence-corrected chi connectivity index (χ3v) is 8.04. The van der Waals surface area contributed by atoms with Gasteiger partial charge >= 0.3 is 0 Å². The molecule has 0 radical (unpaired) electrons. The molecule has 0 fully saturated rings. The van der Waals surface area contributed by atoms with Gasteiger partial charge in [0, 0.05) is 10.6 Å².